The van der Waals surface area contributed by atoms with Crippen LogP contribution in [0.15, 0.2) is 22.5 Å². The lowest BCUT2D eigenvalue weighted by atomic mass is 10.1. The fraction of sp³-hybridized carbons (Fsp3) is 0.706. The molecule has 1 unspecified atom stereocenters. The lowest BCUT2D eigenvalue weighted by molar-refractivity contribution is 0.0177. The molecule has 24 heavy (non-hydrogen) atoms. The van der Waals surface area contributed by atoms with E-state index in [2.05, 4.69) is 51.9 Å². The van der Waals surface area contributed by atoms with Gasteiger partial charge in [-0.3, -0.25) is 9.89 Å². The largest absolute Gasteiger partial charge is 0.379 e. The van der Waals surface area contributed by atoms with Crippen molar-refractivity contribution in [2.75, 3.05) is 46.4 Å². The van der Waals surface area contributed by atoms with Gasteiger partial charge < -0.3 is 15.4 Å². The quantitative estimate of drug-likeness (QED) is 0.369. The van der Waals surface area contributed by atoms with Gasteiger partial charge in [0.2, 0.25) is 0 Å². The van der Waals surface area contributed by atoms with Gasteiger partial charge >= 0.3 is 0 Å². The van der Waals surface area contributed by atoms with E-state index in [0.717, 1.165) is 51.8 Å². The van der Waals surface area contributed by atoms with E-state index < -0.39 is 0 Å². The number of morpholine rings is 1. The van der Waals surface area contributed by atoms with Crippen molar-refractivity contribution in [2.24, 2.45) is 10.9 Å². The molecule has 0 amide bonds. The molecular weight excluding hydrogens is 435 g/mol. The predicted octanol–water partition coefficient (Wildman–Crippen LogP) is 2.95. The Kier molecular flexibility index (Phi) is 10.9. The third-order valence-corrected chi connectivity index (χ3v) is 5.03. The molecule has 1 fully saturated rings. The molecular formula is C17H31IN4OS. The maximum absolute atomic E-state index is 5.49. The number of halogens is 1. The van der Waals surface area contributed by atoms with Crippen molar-refractivity contribution in [3.63, 3.8) is 0 Å². The standard InChI is InChI=1S/C17H30N4OS.HI/c1-14(2)6-7-19-17(18-3)20-13-15(16-5-4-12-23-16)21-8-10-22-11-9-21;/h4-5,12,14-15H,6-11,13H2,1-3H3,(H2,18,19,20);1H. The molecule has 1 saturated heterocycles. The highest BCUT2D eigenvalue weighted by molar-refractivity contribution is 14.0. The van der Waals surface area contributed by atoms with Crippen LogP contribution in [0.25, 0.3) is 0 Å². The van der Waals surface area contributed by atoms with Crippen LogP contribution in [-0.2, 0) is 4.74 Å². The SMILES string of the molecule is CN=C(NCCC(C)C)NCC(c1cccs1)N1CCOCC1.I. The normalized spacial score (nSPS) is 17.4. The Bertz CT molecular complexity index is 461. The molecule has 2 N–H and O–H groups in total. The van der Waals surface area contributed by atoms with Gasteiger partial charge in [0.25, 0.3) is 0 Å². The Morgan fingerprint density at radius 1 is 1.33 bits per heavy atom. The molecule has 1 atom stereocenters. The maximum atomic E-state index is 5.49. The van der Waals surface area contributed by atoms with Crippen LogP contribution in [-0.4, -0.2) is 57.3 Å². The van der Waals surface area contributed by atoms with E-state index in [4.69, 9.17) is 4.74 Å². The Morgan fingerprint density at radius 3 is 2.67 bits per heavy atom. The summed E-state index contributed by atoms with van der Waals surface area (Å²) in [5.41, 5.74) is 0. The van der Waals surface area contributed by atoms with Crippen molar-refractivity contribution in [2.45, 2.75) is 26.3 Å². The number of thiophene rings is 1. The van der Waals surface area contributed by atoms with Crippen molar-refractivity contribution in [3.8, 4) is 0 Å². The molecule has 5 nitrogen and oxygen atoms in total. The second-order valence-electron chi connectivity index (χ2n) is 6.24. The number of nitrogens with zero attached hydrogens (tertiary/aromatic N) is 2. The van der Waals surface area contributed by atoms with E-state index in [1.165, 1.54) is 4.88 Å². The smallest absolute Gasteiger partial charge is 0.191 e. The summed E-state index contributed by atoms with van der Waals surface area (Å²) in [5.74, 6) is 1.59. The Hall–Kier alpha value is -0.380. The van der Waals surface area contributed by atoms with Gasteiger partial charge in [-0.05, 0) is 23.8 Å². The van der Waals surface area contributed by atoms with E-state index in [1.807, 2.05) is 18.4 Å². The third-order valence-electron chi connectivity index (χ3n) is 4.06. The lowest BCUT2D eigenvalue weighted by Gasteiger charge is -2.34. The van der Waals surface area contributed by atoms with Crippen molar-refractivity contribution < 1.29 is 4.74 Å². The average Bonchev–Trinajstić information content (AvgIpc) is 3.08. The molecule has 0 aliphatic carbocycles. The zero-order chi connectivity index (χ0) is 16.5. The number of guanidine groups is 1. The minimum atomic E-state index is 0. The van der Waals surface area contributed by atoms with Gasteiger partial charge in [0, 0.05) is 38.1 Å². The van der Waals surface area contributed by atoms with Gasteiger partial charge in [-0.15, -0.1) is 35.3 Å². The first kappa shape index (κ1) is 21.7. The molecule has 0 saturated carbocycles. The van der Waals surface area contributed by atoms with Gasteiger partial charge in [-0.25, -0.2) is 0 Å². The van der Waals surface area contributed by atoms with Crippen LogP contribution < -0.4 is 10.6 Å². The summed E-state index contributed by atoms with van der Waals surface area (Å²) in [7, 11) is 1.83. The zero-order valence-corrected chi connectivity index (χ0v) is 18.1. The minimum Gasteiger partial charge on any atom is -0.379 e. The van der Waals surface area contributed by atoms with E-state index >= 15 is 0 Å². The van der Waals surface area contributed by atoms with Gasteiger partial charge in [0.1, 0.15) is 0 Å². The number of hydrogen-bond acceptors (Lipinski definition) is 4. The first-order chi connectivity index (χ1) is 11.2. The molecule has 0 radical (unpaired) electrons. The summed E-state index contributed by atoms with van der Waals surface area (Å²) in [6.07, 6.45) is 1.15. The highest BCUT2D eigenvalue weighted by Crippen LogP contribution is 2.25. The number of rotatable bonds is 7. The molecule has 1 aliphatic rings. The van der Waals surface area contributed by atoms with Crippen LogP contribution in [0.3, 0.4) is 0 Å². The first-order valence-electron chi connectivity index (χ1n) is 8.50. The van der Waals surface area contributed by atoms with Gasteiger partial charge in [-0.2, -0.15) is 0 Å². The molecule has 0 aromatic carbocycles. The molecule has 138 valence electrons. The number of ether oxygens (including phenoxy) is 1. The van der Waals surface area contributed by atoms with Crippen LogP contribution >= 0.6 is 35.3 Å². The second-order valence-corrected chi connectivity index (χ2v) is 7.22. The number of aliphatic imine (C=N–C) groups is 1. The Balaban J connectivity index is 0.00000288. The first-order valence-corrected chi connectivity index (χ1v) is 9.38. The van der Waals surface area contributed by atoms with Crippen LogP contribution in [0.1, 0.15) is 31.2 Å². The van der Waals surface area contributed by atoms with Crippen molar-refractivity contribution in [1.82, 2.24) is 15.5 Å². The summed E-state index contributed by atoms with van der Waals surface area (Å²) in [4.78, 5) is 8.24. The van der Waals surface area contributed by atoms with Gasteiger partial charge in [-0.1, -0.05) is 19.9 Å². The van der Waals surface area contributed by atoms with Crippen molar-refractivity contribution >= 4 is 41.3 Å². The van der Waals surface area contributed by atoms with Gasteiger partial charge in [0.15, 0.2) is 5.96 Å². The molecule has 1 aromatic rings. The summed E-state index contributed by atoms with van der Waals surface area (Å²) in [6.45, 7) is 9.92. The summed E-state index contributed by atoms with van der Waals surface area (Å²) in [5, 5.41) is 9.05. The summed E-state index contributed by atoms with van der Waals surface area (Å²) in [6, 6.07) is 4.73. The molecule has 7 heteroatoms. The van der Waals surface area contributed by atoms with E-state index in [-0.39, 0.29) is 24.0 Å². The zero-order valence-electron chi connectivity index (χ0n) is 15.0. The Labute approximate surface area is 167 Å². The molecule has 0 bridgehead atoms. The maximum Gasteiger partial charge on any atom is 0.191 e. The fourth-order valence-corrected chi connectivity index (χ4v) is 3.53. The molecule has 0 spiro atoms. The topological polar surface area (TPSA) is 48.9 Å². The predicted molar refractivity (Wildman–Crippen MR) is 114 cm³/mol. The van der Waals surface area contributed by atoms with Gasteiger partial charge in [0.05, 0.1) is 19.3 Å². The van der Waals surface area contributed by atoms with Crippen LogP contribution in [0.2, 0.25) is 0 Å². The van der Waals surface area contributed by atoms with Crippen LogP contribution in [0.5, 0.6) is 0 Å². The highest BCUT2D eigenvalue weighted by atomic mass is 127. The monoisotopic (exact) mass is 466 g/mol. The summed E-state index contributed by atoms with van der Waals surface area (Å²) < 4.78 is 5.49. The Morgan fingerprint density at radius 2 is 2.08 bits per heavy atom. The van der Waals surface area contributed by atoms with E-state index in [9.17, 15) is 0 Å². The van der Waals surface area contributed by atoms with E-state index in [0.29, 0.717) is 12.0 Å². The molecule has 2 rings (SSSR count). The molecule has 1 aromatic heterocycles. The number of hydrogen-bond donors (Lipinski definition) is 2. The van der Waals surface area contributed by atoms with Crippen LogP contribution in [0.4, 0.5) is 0 Å². The minimum absolute atomic E-state index is 0. The third kappa shape index (κ3) is 7.25. The molecule has 2 heterocycles. The second kappa shape index (κ2) is 12.1. The lowest BCUT2D eigenvalue weighted by Crippen LogP contribution is -2.46. The highest BCUT2D eigenvalue weighted by Gasteiger charge is 2.23. The van der Waals surface area contributed by atoms with Crippen LogP contribution in [0, 0.1) is 5.92 Å². The number of nitrogens with one attached hydrogen (secondary N) is 2. The molecule has 1 aliphatic heterocycles. The fourth-order valence-electron chi connectivity index (χ4n) is 2.67. The van der Waals surface area contributed by atoms with E-state index in [1.54, 1.807) is 0 Å². The average molecular weight is 466 g/mol. The van der Waals surface area contributed by atoms with Crippen molar-refractivity contribution in [3.05, 3.63) is 22.4 Å². The summed E-state index contributed by atoms with van der Waals surface area (Å²) >= 11 is 1.82. The van der Waals surface area contributed by atoms with Crippen molar-refractivity contribution in [1.29, 1.82) is 0 Å².